The monoisotopic (exact) mass is 579 g/mol. The lowest BCUT2D eigenvalue weighted by Gasteiger charge is -2.44. The summed E-state index contributed by atoms with van der Waals surface area (Å²) in [5.74, 6) is 0.00112. The van der Waals surface area contributed by atoms with Gasteiger partial charge in [0.25, 0.3) is 0 Å². The van der Waals surface area contributed by atoms with Gasteiger partial charge < -0.3 is 19.5 Å². The maximum Gasteiger partial charge on any atom is 0.305 e. The number of hydrogen-bond acceptors (Lipinski definition) is 6. The Morgan fingerprint density at radius 2 is 1.59 bits per heavy atom. The van der Waals surface area contributed by atoms with E-state index in [4.69, 9.17) is 9.47 Å². The van der Waals surface area contributed by atoms with Crippen molar-refractivity contribution in [3.63, 3.8) is 0 Å². The topological polar surface area (TPSA) is 93.1 Å². The van der Waals surface area contributed by atoms with Gasteiger partial charge in [0.1, 0.15) is 0 Å². The minimum atomic E-state index is -0.891. The van der Waals surface area contributed by atoms with E-state index in [0.717, 1.165) is 33.4 Å². The second-order valence-electron chi connectivity index (χ2n) is 8.70. The highest BCUT2D eigenvalue weighted by atomic mass is 127. The molecule has 0 saturated carbocycles. The average Bonchev–Trinajstić information content (AvgIpc) is 2.79. The van der Waals surface area contributed by atoms with Crippen LogP contribution in [0.3, 0.4) is 0 Å². The van der Waals surface area contributed by atoms with Crippen LogP contribution in [0.5, 0.6) is 11.5 Å². The van der Waals surface area contributed by atoms with Gasteiger partial charge in [0.2, 0.25) is 0 Å². The van der Waals surface area contributed by atoms with Gasteiger partial charge in [-0.2, -0.15) is 0 Å². The molecule has 0 fully saturated rings. The van der Waals surface area contributed by atoms with Gasteiger partial charge in [-0.3, -0.25) is 14.4 Å². The number of nitrogens with zero attached hydrogens (tertiary/aromatic N) is 1. The Kier molecular flexibility index (Phi) is 7.64. The molecular formula is C26H30INO6. The van der Waals surface area contributed by atoms with Gasteiger partial charge in [0.05, 0.1) is 23.2 Å². The van der Waals surface area contributed by atoms with Crippen LogP contribution in [0, 0.1) is 3.57 Å². The van der Waals surface area contributed by atoms with Crippen LogP contribution in [-0.4, -0.2) is 47.3 Å². The zero-order valence-corrected chi connectivity index (χ0v) is 21.8. The van der Waals surface area contributed by atoms with Crippen LogP contribution in [0.25, 0.3) is 0 Å². The Morgan fingerprint density at radius 3 is 2.12 bits per heavy atom. The second-order valence-corrected chi connectivity index (χ2v) is 9.86. The van der Waals surface area contributed by atoms with Crippen LogP contribution >= 0.6 is 22.6 Å². The predicted molar refractivity (Wildman–Crippen MR) is 135 cm³/mol. The van der Waals surface area contributed by atoms with Crippen LogP contribution in [0.4, 0.5) is 0 Å². The highest BCUT2D eigenvalue weighted by Crippen LogP contribution is 2.50. The molecule has 0 atom stereocenters. The third-order valence-electron chi connectivity index (χ3n) is 6.59. The van der Waals surface area contributed by atoms with Crippen LogP contribution < -0.4 is 9.47 Å². The number of hydrogen-bond donors (Lipinski definition) is 1. The van der Waals surface area contributed by atoms with Gasteiger partial charge in [0, 0.05) is 47.8 Å². The van der Waals surface area contributed by atoms with E-state index in [1.807, 2.05) is 30.9 Å². The zero-order valence-electron chi connectivity index (χ0n) is 19.6. The third kappa shape index (κ3) is 4.61. The van der Waals surface area contributed by atoms with Crippen molar-refractivity contribution in [2.75, 3.05) is 19.8 Å². The standard InChI is InChI=1S/C26H30INO6/c1-3-33-21-14-15(13-16(27)26(21)34-4-2)23-24-17(7-5-9-19(24)29)28(12-11-22(31)32)18-8-6-10-20(30)25(18)23/h13-14,23H,3-12H2,1-2H3,(H,31,32). The van der Waals surface area contributed by atoms with E-state index >= 15 is 0 Å². The number of allylic oxidation sites excluding steroid dienone is 4. The predicted octanol–water partition coefficient (Wildman–Crippen LogP) is 4.98. The van der Waals surface area contributed by atoms with E-state index in [0.29, 0.717) is 61.5 Å². The molecule has 0 aromatic heterocycles. The molecule has 0 spiro atoms. The Balaban J connectivity index is 1.93. The molecule has 1 heterocycles. The maximum absolute atomic E-state index is 13.3. The number of carboxylic acid groups (broad SMARTS) is 1. The summed E-state index contributed by atoms with van der Waals surface area (Å²) in [5.41, 5.74) is 3.91. The van der Waals surface area contributed by atoms with Crippen molar-refractivity contribution in [2.45, 2.75) is 64.7 Å². The first-order valence-electron chi connectivity index (χ1n) is 12.0. The van der Waals surface area contributed by atoms with Gasteiger partial charge in [0.15, 0.2) is 23.1 Å². The van der Waals surface area contributed by atoms with Crippen LogP contribution in [0.2, 0.25) is 0 Å². The van der Waals surface area contributed by atoms with Crippen molar-refractivity contribution in [2.24, 2.45) is 0 Å². The van der Waals surface area contributed by atoms with Crippen molar-refractivity contribution in [1.82, 2.24) is 4.90 Å². The van der Waals surface area contributed by atoms with Crippen molar-refractivity contribution < 1.29 is 29.0 Å². The van der Waals surface area contributed by atoms with E-state index in [1.165, 1.54) is 0 Å². The molecule has 0 amide bonds. The molecule has 0 bridgehead atoms. The molecule has 8 heteroatoms. The first kappa shape index (κ1) is 24.8. The minimum Gasteiger partial charge on any atom is -0.490 e. The van der Waals surface area contributed by atoms with Gasteiger partial charge in [-0.1, -0.05) is 0 Å². The number of carbonyl (C=O) groups excluding carboxylic acids is 2. The summed E-state index contributed by atoms with van der Waals surface area (Å²) in [6.07, 6.45) is 3.70. The molecule has 7 nitrogen and oxygen atoms in total. The number of rotatable bonds is 8. The fraction of sp³-hybridized carbons (Fsp3) is 0.500. The van der Waals surface area contributed by atoms with E-state index in [9.17, 15) is 19.5 Å². The molecule has 182 valence electrons. The van der Waals surface area contributed by atoms with E-state index in [2.05, 4.69) is 22.6 Å². The lowest BCUT2D eigenvalue weighted by Crippen LogP contribution is -2.40. The first-order valence-corrected chi connectivity index (χ1v) is 13.1. The average molecular weight is 579 g/mol. The number of carboxylic acids is 1. The molecule has 1 aliphatic heterocycles. The number of ether oxygens (including phenoxy) is 2. The molecule has 2 aliphatic carbocycles. The van der Waals surface area contributed by atoms with Gasteiger partial charge in [-0.25, -0.2) is 0 Å². The van der Waals surface area contributed by atoms with Crippen molar-refractivity contribution in [3.8, 4) is 11.5 Å². The Labute approximate surface area is 213 Å². The number of ketones is 2. The van der Waals surface area contributed by atoms with Crippen molar-refractivity contribution >= 4 is 40.1 Å². The first-order chi connectivity index (χ1) is 16.4. The van der Waals surface area contributed by atoms with Gasteiger partial charge in [-0.05, 0) is 79.8 Å². The summed E-state index contributed by atoms with van der Waals surface area (Å²) < 4.78 is 12.6. The smallest absolute Gasteiger partial charge is 0.305 e. The van der Waals surface area contributed by atoms with Crippen LogP contribution in [0.1, 0.15) is 70.3 Å². The number of aliphatic carboxylic acids is 1. The minimum absolute atomic E-state index is 0.0401. The van der Waals surface area contributed by atoms with Crippen LogP contribution in [0.15, 0.2) is 34.7 Å². The lowest BCUT2D eigenvalue weighted by molar-refractivity contribution is -0.137. The molecular weight excluding hydrogens is 549 g/mol. The molecule has 34 heavy (non-hydrogen) atoms. The van der Waals surface area contributed by atoms with Crippen molar-refractivity contribution in [3.05, 3.63) is 43.8 Å². The third-order valence-corrected chi connectivity index (χ3v) is 7.39. The summed E-state index contributed by atoms with van der Waals surface area (Å²) in [6.45, 7) is 5.06. The van der Waals surface area contributed by atoms with E-state index in [-0.39, 0.29) is 24.5 Å². The molecule has 0 radical (unpaired) electrons. The summed E-state index contributed by atoms with van der Waals surface area (Å²) in [5, 5.41) is 9.33. The quantitative estimate of drug-likeness (QED) is 0.435. The zero-order chi connectivity index (χ0) is 24.4. The van der Waals surface area contributed by atoms with E-state index in [1.54, 1.807) is 0 Å². The molecule has 0 unspecified atom stereocenters. The summed E-state index contributed by atoms with van der Waals surface area (Å²) in [4.78, 5) is 40.1. The van der Waals surface area contributed by atoms with Crippen molar-refractivity contribution in [1.29, 1.82) is 0 Å². The molecule has 0 saturated heterocycles. The van der Waals surface area contributed by atoms with Crippen LogP contribution in [-0.2, 0) is 14.4 Å². The van der Waals surface area contributed by atoms with Gasteiger partial charge in [-0.15, -0.1) is 0 Å². The fourth-order valence-electron chi connectivity index (χ4n) is 5.33. The fourth-order valence-corrected chi connectivity index (χ4v) is 6.11. The second kappa shape index (κ2) is 10.5. The Morgan fingerprint density at radius 1 is 1.00 bits per heavy atom. The number of Topliss-reactive ketones (excluding diaryl/α,β-unsaturated/α-hetero) is 2. The normalized spacial score (nSPS) is 18.7. The molecule has 3 aliphatic rings. The maximum atomic E-state index is 13.3. The van der Waals surface area contributed by atoms with E-state index < -0.39 is 11.9 Å². The SMILES string of the molecule is CCOc1cc(C2C3=C(CCCC3=O)N(CCC(=O)O)C3=C2C(=O)CCC3)cc(I)c1OCC. The molecule has 1 N–H and O–H groups in total. The summed E-state index contributed by atoms with van der Waals surface area (Å²) in [7, 11) is 0. The number of benzene rings is 1. The molecule has 1 aromatic rings. The summed E-state index contributed by atoms with van der Waals surface area (Å²) in [6, 6.07) is 3.90. The molecule has 1 aromatic carbocycles. The largest absolute Gasteiger partial charge is 0.490 e. The number of halogens is 1. The Bertz CT molecular complexity index is 1050. The number of carbonyl (C=O) groups is 3. The Hall–Kier alpha value is -2.36. The van der Waals surface area contributed by atoms with Gasteiger partial charge >= 0.3 is 5.97 Å². The lowest BCUT2D eigenvalue weighted by atomic mass is 9.71. The molecule has 4 rings (SSSR count). The highest BCUT2D eigenvalue weighted by Gasteiger charge is 2.43. The highest BCUT2D eigenvalue weighted by molar-refractivity contribution is 14.1. The summed E-state index contributed by atoms with van der Waals surface area (Å²) >= 11 is 2.22.